The first kappa shape index (κ1) is 40.8. The molecule has 0 saturated carbocycles. The molecule has 2 aromatic rings. The first-order valence-corrected chi connectivity index (χ1v) is 18.6. The maximum Gasteiger partial charge on any atom is 0.325 e. The summed E-state index contributed by atoms with van der Waals surface area (Å²) in [6.45, 7) is 10.5. The van der Waals surface area contributed by atoms with E-state index in [1.54, 1.807) is 27.0 Å². The summed E-state index contributed by atoms with van der Waals surface area (Å²) in [4.78, 5) is 86.9. The maximum atomic E-state index is 14.6. The third-order valence-corrected chi connectivity index (χ3v) is 10.3. The lowest BCUT2D eigenvalue weighted by atomic mass is 9.82. The Morgan fingerprint density at radius 2 is 1.51 bits per heavy atom. The van der Waals surface area contributed by atoms with Crippen molar-refractivity contribution >= 4 is 35.5 Å². The molecule has 2 aliphatic heterocycles. The van der Waals surface area contributed by atoms with Crippen LogP contribution in [0.5, 0.6) is 0 Å². The number of unbranched alkanes of at least 4 members (excludes halogenated alkanes) is 1. The van der Waals surface area contributed by atoms with E-state index in [0.717, 1.165) is 11.1 Å². The average molecular weight is 730 g/mol. The number of esters is 1. The van der Waals surface area contributed by atoms with E-state index in [4.69, 9.17) is 4.74 Å². The van der Waals surface area contributed by atoms with E-state index in [2.05, 4.69) is 22.5 Å². The monoisotopic (exact) mass is 729 g/mol. The summed E-state index contributed by atoms with van der Waals surface area (Å²) in [5, 5.41) is 8.41. The van der Waals surface area contributed by atoms with Crippen molar-refractivity contribution in [1.29, 1.82) is 0 Å². The number of fused-ring (bicyclic) bond motifs is 1. The van der Waals surface area contributed by atoms with Crippen molar-refractivity contribution in [1.82, 2.24) is 25.8 Å². The zero-order valence-electron chi connectivity index (χ0n) is 31.6. The number of nitrogens with one attached hydrogen (secondary N) is 3. The van der Waals surface area contributed by atoms with Crippen LogP contribution in [0.25, 0.3) is 0 Å². The zero-order chi connectivity index (χ0) is 38.7. The molecule has 2 saturated heterocycles. The van der Waals surface area contributed by atoms with Crippen molar-refractivity contribution in [2.75, 3.05) is 20.1 Å². The molecule has 0 aromatic heterocycles. The van der Waals surface area contributed by atoms with Gasteiger partial charge in [0.15, 0.2) is 0 Å². The van der Waals surface area contributed by atoms with Crippen LogP contribution in [0.15, 0.2) is 73.3 Å². The number of nitrogens with zero attached hydrogens (tertiary/aromatic N) is 2. The van der Waals surface area contributed by atoms with Crippen LogP contribution in [0, 0.1) is 11.3 Å². The number of carbonyl (C=O) groups is 6. The average Bonchev–Trinajstić information content (AvgIpc) is 3.64. The molecule has 2 aliphatic rings. The molecule has 2 fully saturated rings. The van der Waals surface area contributed by atoms with Gasteiger partial charge in [-0.05, 0) is 63.0 Å². The molecule has 12 heteroatoms. The summed E-state index contributed by atoms with van der Waals surface area (Å²) in [5.41, 5.74) is 0.312. The standard InChI is InChI=1S/C41H55N5O7/c1-7-8-11-22-33-41(4,5)40(52)44-35(27(2)3)39(51)45(6)32(25-29-19-14-10-15-20-29)38(50)46-23-16-21-31(46)37(49)43-30(24-28-17-12-9-13-18-28)36(48)42-26-34(47)53-33/h7,9-10,12-15,17-20,27,30-33,35H,1,8,11,16,21-26H2,2-6H3,(H,42,48)(H,43,49)(H,44,52)/t30-,31-,32-,33?,35-/m0/s1. The normalized spacial score (nSPS) is 25.0. The van der Waals surface area contributed by atoms with Crippen molar-refractivity contribution in [2.24, 2.45) is 11.3 Å². The maximum absolute atomic E-state index is 14.6. The molecule has 4 rings (SSSR count). The van der Waals surface area contributed by atoms with Gasteiger partial charge >= 0.3 is 5.97 Å². The Balaban J connectivity index is 1.77. The highest BCUT2D eigenvalue weighted by Crippen LogP contribution is 2.29. The molecular formula is C41H55N5O7. The van der Waals surface area contributed by atoms with E-state index < -0.39 is 77.7 Å². The van der Waals surface area contributed by atoms with E-state index in [1.165, 1.54) is 9.80 Å². The lowest BCUT2D eigenvalue weighted by Gasteiger charge is -2.37. The van der Waals surface area contributed by atoms with Gasteiger partial charge in [0.1, 0.15) is 36.8 Å². The Bertz CT molecular complexity index is 1610. The highest BCUT2D eigenvalue weighted by Gasteiger charge is 2.44. The minimum atomic E-state index is -1.29. The number of rotatable bonds is 9. The van der Waals surface area contributed by atoms with Crippen molar-refractivity contribution in [3.63, 3.8) is 0 Å². The first-order valence-electron chi connectivity index (χ1n) is 18.6. The lowest BCUT2D eigenvalue weighted by molar-refractivity contribution is -0.160. The smallest absolute Gasteiger partial charge is 0.325 e. The molecule has 0 aliphatic carbocycles. The molecule has 5 atom stereocenters. The third-order valence-electron chi connectivity index (χ3n) is 10.3. The van der Waals surface area contributed by atoms with E-state index in [1.807, 2.05) is 74.5 Å². The summed E-state index contributed by atoms with van der Waals surface area (Å²) in [6.07, 6.45) is 3.58. The number of amides is 5. The second-order valence-corrected chi connectivity index (χ2v) is 14.9. The predicted molar refractivity (Wildman–Crippen MR) is 201 cm³/mol. The molecule has 0 radical (unpaired) electrons. The van der Waals surface area contributed by atoms with Crippen molar-refractivity contribution < 1.29 is 33.5 Å². The first-order chi connectivity index (χ1) is 25.2. The molecule has 53 heavy (non-hydrogen) atoms. The van der Waals surface area contributed by atoms with E-state index >= 15 is 0 Å². The number of likely N-dealkylation sites (N-methyl/N-ethyl adjacent to an activating group) is 1. The fraction of sp³-hybridized carbons (Fsp3) is 0.512. The summed E-state index contributed by atoms with van der Waals surface area (Å²) < 4.78 is 5.89. The summed E-state index contributed by atoms with van der Waals surface area (Å²) in [7, 11) is 1.55. The van der Waals surface area contributed by atoms with Gasteiger partial charge in [-0.2, -0.15) is 0 Å². The van der Waals surface area contributed by atoms with E-state index in [-0.39, 0.29) is 25.3 Å². The molecule has 2 heterocycles. The molecule has 1 unspecified atom stereocenters. The van der Waals surface area contributed by atoms with Gasteiger partial charge in [0.25, 0.3) is 0 Å². The van der Waals surface area contributed by atoms with Crippen LogP contribution in [-0.2, 0) is 46.3 Å². The lowest BCUT2D eigenvalue weighted by Crippen LogP contribution is -2.60. The highest BCUT2D eigenvalue weighted by atomic mass is 16.5. The molecule has 286 valence electrons. The molecule has 5 amide bonds. The number of allylic oxidation sites excluding steroid dienone is 1. The Morgan fingerprint density at radius 1 is 0.887 bits per heavy atom. The van der Waals surface area contributed by atoms with Crippen LogP contribution >= 0.6 is 0 Å². The second-order valence-electron chi connectivity index (χ2n) is 14.9. The van der Waals surface area contributed by atoms with Crippen LogP contribution < -0.4 is 16.0 Å². The van der Waals surface area contributed by atoms with Crippen molar-refractivity contribution in [2.45, 2.75) is 103 Å². The van der Waals surface area contributed by atoms with Gasteiger partial charge in [-0.15, -0.1) is 6.58 Å². The van der Waals surface area contributed by atoms with E-state index in [9.17, 15) is 28.8 Å². The minimum Gasteiger partial charge on any atom is -0.460 e. The van der Waals surface area contributed by atoms with E-state index in [0.29, 0.717) is 32.1 Å². The quantitative estimate of drug-likeness (QED) is 0.203. The summed E-state index contributed by atoms with van der Waals surface area (Å²) in [5.74, 6) is -3.58. The van der Waals surface area contributed by atoms with Gasteiger partial charge in [0.2, 0.25) is 29.5 Å². The minimum absolute atomic E-state index is 0.135. The topological polar surface area (TPSA) is 154 Å². The molecule has 2 aromatic carbocycles. The number of carbonyl (C=O) groups excluding carboxylic acids is 6. The number of benzene rings is 2. The zero-order valence-corrected chi connectivity index (χ0v) is 31.6. The van der Waals surface area contributed by atoms with Crippen LogP contribution in [0.1, 0.15) is 70.9 Å². The van der Waals surface area contributed by atoms with Crippen LogP contribution in [0.2, 0.25) is 0 Å². The Morgan fingerprint density at radius 3 is 2.11 bits per heavy atom. The summed E-state index contributed by atoms with van der Waals surface area (Å²) in [6, 6.07) is 14.5. The van der Waals surface area contributed by atoms with Gasteiger partial charge in [-0.3, -0.25) is 28.8 Å². The SMILES string of the molecule is C=CCCCC1OC(=O)CNC(=O)[C@H](Cc2ccccc2)NC(=O)[C@@H]2CCCN2C(=O)[C@H](Cc2ccccc2)N(C)C(=O)[C@H](C(C)C)NC(=O)C1(C)C. The third kappa shape index (κ3) is 10.5. The second kappa shape index (κ2) is 18.7. The van der Waals surface area contributed by atoms with Crippen LogP contribution in [0.4, 0.5) is 0 Å². The highest BCUT2D eigenvalue weighted by molar-refractivity contribution is 5.97. The number of hydrogen-bond donors (Lipinski definition) is 3. The van der Waals surface area contributed by atoms with Gasteiger partial charge in [0, 0.05) is 26.4 Å². The van der Waals surface area contributed by atoms with Crippen molar-refractivity contribution in [3.05, 3.63) is 84.4 Å². The fourth-order valence-electron chi connectivity index (χ4n) is 6.91. The Hall–Kier alpha value is -5.00. The number of ether oxygens (including phenoxy) is 1. The predicted octanol–water partition coefficient (Wildman–Crippen LogP) is 3.34. The largest absolute Gasteiger partial charge is 0.460 e. The van der Waals surface area contributed by atoms with Gasteiger partial charge < -0.3 is 30.5 Å². The molecule has 3 N–H and O–H groups in total. The summed E-state index contributed by atoms with van der Waals surface area (Å²) >= 11 is 0. The Labute approximate surface area is 313 Å². The molecule has 0 bridgehead atoms. The number of hydrogen-bond acceptors (Lipinski definition) is 7. The van der Waals surface area contributed by atoms with Gasteiger partial charge in [-0.25, -0.2) is 0 Å². The number of cyclic esters (lactones) is 1. The molecule has 0 spiro atoms. The Kier molecular flexibility index (Phi) is 14.4. The van der Waals surface area contributed by atoms with Crippen LogP contribution in [0.3, 0.4) is 0 Å². The van der Waals surface area contributed by atoms with Gasteiger partial charge in [-0.1, -0.05) is 80.6 Å². The van der Waals surface area contributed by atoms with Crippen molar-refractivity contribution in [3.8, 4) is 0 Å². The molecular weight excluding hydrogens is 674 g/mol. The fourth-order valence-corrected chi connectivity index (χ4v) is 6.91. The van der Waals surface area contributed by atoms with Crippen LogP contribution in [-0.4, -0.2) is 95.7 Å². The van der Waals surface area contributed by atoms with Gasteiger partial charge in [0.05, 0.1) is 5.41 Å². The molecule has 12 nitrogen and oxygen atoms in total.